The minimum absolute atomic E-state index is 0.0864. The van der Waals surface area contributed by atoms with Crippen molar-refractivity contribution in [2.75, 3.05) is 36.8 Å². The average molecular weight is 346 g/mol. The van der Waals surface area contributed by atoms with E-state index in [1.807, 2.05) is 23.1 Å². The molecule has 5 nitrogen and oxygen atoms in total. The number of carboxylic acids is 1. The molecule has 0 aromatic heterocycles. The van der Waals surface area contributed by atoms with E-state index in [0.717, 1.165) is 48.7 Å². The quantitative estimate of drug-likeness (QED) is 0.910. The smallest absolute Gasteiger partial charge is 0.311 e. The maximum absolute atomic E-state index is 12.8. The van der Waals surface area contributed by atoms with Gasteiger partial charge < -0.3 is 10.0 Å². The highest BCUT2D eigenvalue weighted by Crippen LogP contribution is 2.48. The van der Waals surface area contributed by atoms with Gasteiger partial charge in [-0.05, 0) is 30.9 Å². The SMILES string of the molecule is O=C(CN1C[C@@H]2CCC[C@@]2(C(=O)O)C1)N1CCSc2ccccc21. The highest BCUT2D eigenvalue weighted by molar-refractivity contribution is 7.99. The third-order valence-electron chi connectivity index (χ3n) is 5.76. The van der Waals surface area contributed by atoms with Crippen LogP contribution in [0.2, 0.25) is 0 Å². The zero-order valence-corrected chi connectivity index (χ0v) is 14.4. The van der Waals surface area contributed by atoms with Gasteiger partial charge in [0.25, 0.3) is 0 Å². The van der Waals surface area contributed by atoms with Crippen LogP contribution >= 0.6 is 11.8 Å². The predicted molar refractivity (Wildman–Crippen MR) is 93.4 cm³/mol. The summed E-state index contributed by atoms with van der Waals surface area (Å²) in [6.45, 7) is 2.30. The zero-order valence-electron chi connectivity index (χ0n) is 13.6. The van der Waals surface area contributed by atoms with Gasteiger partial charge in [-0.3, -0.25) is 14.5 Å². The molecular weight excluding hydrogens is 324 g/mol. The largest absolute Gasteiger partial charge is 0.481 e. The summed E-state index contributed by atoms with van der Waals surface area (Å²) in [5.74, 6) is 0.514. The molecule has 2 fully saturated rings. The van der Waals surface area contributed by atoms with Crippen molar-refractivity contribution in [2.24, 2.45) is 11.3 Å². The first-order valence-corrected chi connectivity index (χ1v) is 9.57. The first-order chi connectivity index (χ1) is 11.6. The Balaban J connectivity index is 1.48. The van der Waals surface area contributed by atoms with Crippen LogP contribution in [0.3, 0.4) is 0 Å². The average Bonchev–Trinajstić information content (AvgIpc) is 3.12. The second-order valence-electron chi connectivity index (χ2n) is 7.08. The Morgan fingerprint density at radius 2 is 2.17 bits per heavy atom. The number of rotatable bonds is 3. The van der Waals surface area contributed by atoms with Gasteiger partial charge in [0.2, 0.25) is 5.91 Å². The molecule has 0 unspecified atom stereocenters. The van der Waals surface area contributed by atoms with Crippen molar-refractivity contribution in [1.82, 2.24) is 4.90 Å². The van der Waals surface area contributed by atoms with Gasteiger partial charge in [0.15, 0.2) is 0 Å². The number of likely N-dealkylation sites (tertiary alicyclic amines) is 1. The number of para-hydroxylation sites is 1. The number of carbonyl (C=O) groups is 2. The van der Waals surface area contributed by atoms with Crippen molar-refractivity contribution in [1.29, 1.82) is 0 Å². The van der Waals surface area contributed by atoms with Crippen molar-refractivity contribution in [3.05, 3.63) is 24.3 Å². The number of anilines is 1. The van der Waals surface area contributed by atoms with Crippen molar-refractivity contribution in [2.45, 2.75) is 24.2 Å². The van der Waals surface area contributed by atoms with E-state index in [4.69, 9.17) is 0 Å². The number of fused-ring (bicyclic) bond motifs is 2. The summed E-state index contributed by atoms with van der Waals surface area (Å²) in [7, 11) is 0. The number of nitrogens with zero attached hydrogens (tertiary/aromatic N) is 2. The van der Waals surface area contributed by atoms with Crippen LogP contribution in [-0.4, -0.2) is 53.8 Å². The van der Waals surface area contributed by atoms with E-state index in [-0.39, 0.29) is 11.8 Å². The molecule has 1 aliphatic carbocycles. The number of aliphatic carboxylic acids is 1. The number of benzene rings is 1. The fourth-order valence-electron chi connectivity index (χ4n) is 4.57. The van der Waals surface area contributed by atoms with Gasteiger partial charge in [0, 0.05) is 30.3 Å². The molecule has 1 amide bonds. The maximum atomic E-state index is 12.8. The van der Waals surface area contributed by atoms with Gasteiger partial charge in [-0.2, -0.15) is 0 Å². The summed E-state index contributed by atoms with van der Waals surface area (Å²) in [4.78, 5) is 29.7. The van der Waals surface area contributed by atoms with Gasteiger partial charge in [-0.25, -0.2) is 0 Å². The van der Waals surface area contributed by atoms with Crippen LogP contribution in [0.25, 0.3) is 0 Å². The normalized spacial score (nSPS) is 29.3. The number of hydrogen-bond donors (Lipinski definition) is 1. The Hall–Kier alpha value is -1.53. The van der Waals surface area contributed by atoms with E-state index in [1.54, 1.807) is 11.8 Å². The lowest BCUT2D eigenvalue weighted by molar-refractivity contribution is -0.149. The van der Waals surface area contributed by atoms with Crippen molar-refractivity contribution >= 4 is 29.3 Å². The van der Waals surface area contributed by atoms with E-state index >= 15 is 0 Å². The van der Waals surface area contributed by atoms with Crippen molar-refractivity contribution < 1.29 is 14.7 Å². The van der Waals surface area contributed by atoms with E-state index in [9.17, 15) is 14.7 Å². The van der Waals surface area contributed by atoms with Gasteiger partial charge in [0.1, 0.15) is 0 Å². The summed E-state index contributed by atoms with van der Waals surface area (Å²) in [5.41, 5.74) is 0.377. The second kappa shape index (κ2) is 6.08. The Labute approximate surface area is 146 Å². The number of thioether (sulfide) groups is 1. The van der Waals surface area contributed by atoms with E-state index in [2.05, 4.69) is 11.0 Å². The molecule has 3 aliphatic rings. The topological polar surface area (TPSA) is 60.9 Å². The van der Waals surface area contributed by atoms with Gasteiger partial charge in [-0.15, -0.1) is 11.8 Å². The third-order valence-corrected chi connectivity index (χ3v) is 6.80. The van der Waals surface area contributed by atoms with E-state index in [1.165, 1.54) is 0 Å². The minimum atomic E-state index is -0.681. The van der Waals surface area contributed by atoms with Crippen LogP contribution < -0.4 is 4.90 Å². The summed E-state index contributed by atoms with van der Waals surface area (Å²) in [6, 6.07) is 8.01. The lowest BCUT2D eigenvalue weighted by Gasteiger charge is -2.30. The van der Waals surface area contributed by atoms with E-state index in [0.29, 0.717) is 13.1 Å². The lowest BCUT2D eigenvalue weighted by atomic mass is 9.81. The van der Waals surface area contributed by atoms with Crippen LogP contribution in [0, 0.1) is 11.3 Å². The summed E-state index contributed by atoms with van der Waals surface area (Å²) in [6.07, 6.45) is 2.72. The molecular formula is C18H22N2O3S. The molecule has 1 N–H and O–H groups in total. The van der Waals surface area contributed by atoms with Crippen LogP contribution in [0.5, 0.6) is 0 Å². The number of hydrogen-bond acceptors (Lipinski definition) is 4. The number of amides is 1. The van der Waals surface area contributed by atoms with Gasteiger partial charge >= 0.3 is 5.97 Å². The molecule has 1 aromatic carbocycles. The molecule has 2 heterocycles. The standard InChI is InChI=1S/C18H22N2O3S/c21-16(20-8-9-24-15-6-2-1-5-14(15)20)11-19-10-13-4-3-7-18(13,12-19)17(22)23/h1-2,5-6,13H,3-4,7-12H2,(H,22,23)/t13-,18+/m0/s1. The maximum Gasteiger partial charge on any atom is 0.311 e. The Morgan fingerprint density at radius 3 is 2.96 bits per heavy atom. The Morgan fingerprint density at radius 1 is 1.33 bits per heavy atom. The van der Waals surface area contributed by atoms with E-state index < -0.39 is 11.4 Å². The van der Waals surface area contributed by atoms with Crippen LogP contribution in [0.4, 0.5) is 5.69 Å². The first kappa shape index (κ1) is 16.0. The third kappa shape index (κ3) is 2.52. The van der Waals surface area contributed by atoms with Crippen LogP contribution in [0.1, 0.15) is 19.3 Å². The molecule has 2 atom stereocenters. The molecule has 0 spiro atoms. The number of carboxylic acid groups (broad SMARTS) is 1. The molecule has 6 heteroatoms. The molecule has 24 heavy (non-hydrogen) atoms. The molecule has 0 bridgehead atoms. The predicted octanol–water partition coefficient (Wildman–Crippen LogP) is 2.31. The van der Waals surface area contributed by atoms with Gasteiger partial charge in [-0.1, -0.05) is 18.6 Å². The molecule has 1 saturated carbocycles. The van der Waals surface area contributed by atoms with Gasteiger partial charge in [0.05, 0.1) is 17.6 Å². The molecule has 128 valence electrons. The summed E-state index contributed by atoms with van der Waals surface area (Å²) < 4.78 is 0. The number of carbonyl (C=O) groups excluding carboxylic acids is 1. The second-order valence-corrected chi connectivity index (χ2v) is 8.22. The van der Waals surface area contributed by atoms with Crippen LogP contribution in [-0.2, 0) is 9.59 Å². The molecule has 2 aliphatic heterocycles. The summed E-state index contributed by atoms with van der Waals surface area (Å²) >= 11 is 1.78. The highest BCUT2D eigenvalue weighted by atomic mass is 32.2. The fraction of sp³-hybridized carbons (Fsp3) is 0.556. The highest BCUT2D eigenvalue weighted by Gasteiger charge is 2.54. The monoisotopic (exact) mass is 346 g/mol. The molecule has 1 saturated heterocycles. The first-order valence-electron chi connectivity index (χ1n) is 8.58. The Kier molecular flexibility index (Phi) is 4.04. The zero-order chi connectivity index (χ0) is 16.7. The van der Waals surface area contributed by atoms with Crippen molar-refractivity contribution in [3.63, 3.8) is 0 Å². The molecule has 1 aromatic rings. The van der Waals surface area contributed by atoms with Crippen LogP contribution in [0.15, 0.2) is 29.2 Å². The lowest BCUT2D eigenvalue weighted by Crippen LogP contribution is -2.43. The molecule has 4 rings (SSSR count). The molecule has 0 radical (unpaired) electrons. The summed E-state index contributed by atoms with van der Waals surface area (Å²) in [5, 5.41) is 9.68. The fourth-order valence-corrected chi connectivity index (χ4v) is 5.56. The van der Waals surface area contributed by atoms with Crippen molar-refractivity contribution in [3.8, 4) is 0 Å². The Bertz CT molecular complexity index is 680. The minimum Gasteiger partial charge on any atom is -0.481 e.